The summed E-state index contributed by atoms with van der Waals surface area (Å²) in [4.78, 5) is 13.0. The third-order valence-electron chi connectivity index (χ3n) is 7.96. The summed E-state index contributed by atoms with van der Waals surface area (Å²) < 4.78 is 23.7. The third-order valence-corrected chi connectivity index (χ3v) is 7.96. The lowest BCUT2D eigenvalue weighted by Gasteiger charge is -2.28. The molecule has 2 unspecified atom stereocenters. The van der Waals surface area contributed by atoms with Crippen molar-refractivity contribution in [1.29, 1.82) is 0 Å². The number of aryl methyl sites for hydroxylation is 1. The van der Waals surface area contributed by atoms with E-state index in [4.69, 9.17) is 18.9 Å². The molecule has 1 N–H and O–H groups in total. The van der Waals surface area contributed by atoms with Gasteiger partial charge in [0.25, 0.3) is 0 Å². The van der Waals surface area contributed by atoms with Crippen LogP contribution in [0.25, 0.3) is 0 Å². The van der Waals surface area contributed by atoms with Crippen molar-refractivity contribution in [3.8, 4) is 0 Å². The second kappa shape index (κ2) is 17.7. The number of unbranched alkanes of at least 4 members (excludes halogenated alkanes) is 5. The van der Waals surface area contributed by atoms with Crippen molar-refractivity contribution in [2.75, 3.05) is 19.8 Å². The fraction of sp³-hybridized carbons (Fsp3) is 0.800. The molecule has 1 saturated carbocycles. The number of ketones is 1. The molecule has 0 amide bonds. The van der Waals surface area contributed by atoms with Crippen LogP contribution in [0, 0.1) is 11.8 Å². The number of carbonyl (C=O) groups is 1. The summed E-state index contributed by atoms with van der Waals surface area (Å²) in [6, 6.07) is 0. The number of allylic oxidation sites excluding steroid dienone is 3. The standard InChI is InChI=1S/C30H48N4O5/c35-26-23-27(39-30-19-11-14-22-38-30)25(24(26)15-7-4-5-9-17-28-31-33-34-32-28)16-8-3-1-2-6-12-20-36-29-18-10-13-21-37-29/h4,7-8,16,24-25,27,29-30H,1-3,5-6,9-15,17-23H2,(H,31,32,33,34)/b7-4-,16-8?/t24-,25+,27-,29?,30?/m0/s1. The quantitative estimate of drug-likeness (QED) is 0.198. The molecule has 218 valence electrons. The van der Waals surface area contributed by atoms with Gasteiger partial charge >= 0.3 is 0 Å². The minimum atomic E-state index is -0.173. The number of nitrogens with one attached hydrogen (secondary N) is 1. The smallest absolute Gasteiger partial charge is 0.174 e. The zero-order valence-corrected chi connectivity index (χ0v) is 23.5. The van der Waals surface area contributed by atoms with Gasteiger partial charge in [-0.3, -0.25) is 4.79 Å². The number of aromatic amines is 1. The number of H-pyrrole nitrogens is 1. The summed E-state index contributed by atoms with van der Waals surface area (Å²) in [6.45, 7) is 2.38. The lowest BCUT2D eigenvalue weighted by Crippen LogP contribution is -2.30. The van der Waals surface area contributed by atoms with Crippen molar-refractivity contribution in [2.45, 2.75) is 121 Å². The fourth-order valence-electron chi connectivity index (χ4n) is 5.71. The summed E-state index contributed by atoms with van der Waals surface area (Å²) in [5, 5.41) is 14.1. The SMILES string of the molecule is O=C1C[C@H](OC2CCCCO2)[C@H](C=CCCCCCCOC2CCCCO2)[C@@H]1C/C=C\CCCc1nn[nH]n1. The van der Waals surface area contributed by atoms with Gasteiger partial charge in [0.2, 0.25) is 0 Å². The summed E-state index contributed by atoms with van der Waals surface area (Å²) in [7, 11) is 0. The molecule has 3 aliphatic rings. The molecule has 2 aliphatic heterocycles. The van der Waals surface area contributed by atoms with E-state index in [0.717, 1.165) is 103 Å². The second-order valence-electron chi connectivity index (χ2n) is 11.1. The maximum absolute atomic E-state index is 13.0. The maximum atomic E-state index is 13.0. The first kappa shape index (κ1) is 30.0. The molecule has 9 heteroatoms. The van der Waals surface area contributed by atoms with Gasteiger partial charge in [0, 0.05) is 44.5 Å². The Balaban J connectivity index is 1.18. The van der Waals surface area contributed by atoms with Gasteiger partial charge < -0.3 is 18.9 Å². The number of Topliss-reactive ketones (excluding diaryl/α,β-unsaturated/α-hetero) is 1. The van der Waals surface area contributed by atoms with Crippen LogP contribution < -0.4 is 0 Å². The van der Waals surface area contributed by atoms with Crippen LogP contribution in [0.1, 0.15) is 102 Å². The molecule has 2 saturated heterocycles. The Hall–Kier alpha value is -1.94. The molecule has 3 heterocycles. The fourth-order valence-corrected chi connectivity index (χ4v) is 5.71. The zero-order valence-electron chi connectivity index (χ0n) is 23.5. The van der Waals surface area contributed by atoms with Gasteiger partial charge in [0.1, 0.15) is 5.78 Å². The molecule has 5 atom stereocenters. The van der Waals surface area contributed by atoms with E-state index in [1.54, 1.807) is 0 Å². The summed E-state index contributed by atoms with van der Waals surface area (Å²) in [6.07, 6.45) is 24.7. The van der Waals surface area contributed by atoms with Crippen molar-refractivity contribution in [3.05, 3.63) is 30.1 Å². The maximum Gasteiger partial charge on any atom is 0.174 e. The topological polar surface area (TPSA) is 108 Å². The van der Waals surface area contributed by atoms with Gasteiger partial charge in [0.15, 0.2) is 18.4 Å². The minimum Gasteiger partial charge on any atom is -0.353 e. The predicted octanol–water partition coefficient (Wildman–Crippen LogP) is 5.64. The Morgan fingerprint density at radius 2 is 1.69 bits per heavy atom. The second-order valence-corrected chi connectivity index (χ2v) is 11.1. The largest absolute Gasteiger partial charge is 0.353 e. The molecular formula is C30H48N4O5. The highest BCUT2D eigenvalue weighted by Crippen LogP contribution is 2.37. The molecule has 3 fully saturated rings. The lowest BCUT2D eigenvalue weighted by atomic mass is 9.90. The van der Waals surface area contributed by atoms with E-state index in [1.807, 2.05) is 0 Å². The molecular weight excluding hydrogens is 496 g/mol. The van der Waals surface area contributed by atoms with Crippen LogP contribution in [0.5, 0.6) is 0 Å². The third kappa shape index (κ3) is 10.9. The lowest BCUT2D eigenvalue weighted by molar-refractivity contribution is -0.192. The zero-order chi connectivity index (χ0) is 27.0. The Morgan fingerprint density at radius 3 is 2.46 bits per heavy atom. The first-order valence-corrected chi connectivity index (χ1v) is 15.4. The molecule has 39 heavy (non-hydrogen) atoms. The molecule has 0 aromatic carbocycles. The first-order chi connectivity index (χ1) is 19.3. The highest BCUT2D eigenvalue weighted by molar-refractivity contribution is 5.84. The number of hydrogen-bond acceptors (Lipinski definition) is 8. The van der Waals surface area contributed by atoms with Gasteiger partial charge in [0.05, 0.1) is 6.10 Å². The number of tetrazole rings is 1. The van der Waals surface area contributed by atoms with Crippen LogP contribution in [-0.2, 0) is 30.2 Å². The molecule has 4 rings (SSSR count). The van der Waals surface area contributed by atoms with Crippen LogP contribution in [0.15, 0.2) is 24.3 Å². The summed E-state index contributed by atoms with van der Waals surface area (Å²) in [5.41, 5.74) is 0. The minimum absolute atomic E-state index is 0.0180. The first-order valence-electron chi connectivity index (χ1n) is 15.4. The van der Waals surface area contributed by atoms with Gasteiger partial charge in [-0.15, -0.1) is 10.2 Å². The molecule has 0 bridgehead atoms. The van der Waals surface area contributed by atoms with Crippen molar-refractivity contribution >= 4 is 5.78 Å². The normalized spacial score (nSPS) is 28.2. The molecule has 1 aliphatic carbocycles. The van der Waals surface area contributed by atoms with Crippen molar-refractivity contribution in [3.63, 3.8) is 0 Å². The summed E-state index contributed by atoms with van der Waals surface area (Å²) >= 11 is 0. The molecule has 1 aromatic rings. The number of ether oxygens (including phenoxy) is 4. The van der Waals surface area contributed by atoms with Crippen LogP contribution in [0.3, 0.4) is 0 Å². The van der Waals surface area contributed by atoms with Crippen molar-refractivity contribution in [2.24, 2.45) is 11.8 Å². The van der Waals surface area contributed by atoms with Crippen LogP contribution in [0.2, 0.25) is 0 Å². The van der Waals surface area contributed by atoms with E-state index in [2.05, 4.69) is 44.9 Å². The van der Waals surface area contributed by atoms with Crippen LogP contribution >= 0.6 is 0 Å². The average Bonchev–Trinajstić information content (AvgIpc) is 3.58. The number of carbonyl (C=O) groups excluding carboxylic acids is 1. The van der Waals surface area contributed by atoms with E-state index >= 15 is 0 Å². The highest BCUT2D eigenvalue weighted by Gasteiger charge is 2.42. The van der Waals surface area contributed by atoms with E-state index in [-0.39, 0.29) is 30.5 Å². The van der Waals surface area contributed by atoms with Crippen molar-refractivity contribution in [1.82, 2.24) is 20.6 Å². The monoisotopic (exact) mass is 544 g/mol. The van der Waals surface area contributed by atoms with Crippen LogP contribution in [-0.4, -0.2) is 64.9 Å². The highest BCUT2D eigenvalue weighted by atomic mass is 16.7. The van der Waals surface area contributed by atoms with E-state index in [1.165, 1.54) is 19.3 Å². The van der Waals surface area contributed by atoms with Gasteiger partial charge in [-0.1, -0.05) is 42.4 Å². The molecule has 0 spiro atoms. The number of rotatable bonds is 17. The Labute approximate surface area is 233 Å². The molecule has 0 radical (unpaired) electrons. The van der Waals surface area contributed by atoms with Crippen molar-refractivity contribution < 1.29 is 23.7 Å². The van der Waals surface area contributed by atoms with Gasteiger partial charge in [-0.25, -0.2) is 0 Å². The van der Waals surface area contributed by atoms with Gasteiger partial charge in [-0.2, -0.15) is 5.21 Å². The molecule has 1 aromatic heterocycles. The summed E-state index contributed by atoms with van der Waals surface area (Å²) in [5.74, 6) is 1.13. The Bertz CT molecular complexity index is 850. The predicted molar refractivity (Wildman–Crippen MR) is 148 cm³/mol. The Morgan fingerprint density at radius 1 is 0.897 bits per heavy atom. The van der Waals surface area contributed by atoms with E-state index in [9.17, 15) is 4.79 Å². The molecule has 9 nitrogen and oxygen atoms in total. The number of nitrogens with zero attached hydrogens (tertiary/aromatic N) is 3. The average molecular weight is 545 g/mol. The number of aromatic nitrogens is 4. The Kier molecular flexibility index (Phi) is 13.6. The van der Waals surface area contributed by atoms with Gasteiger partial charge in [-0.05, 0) is 77.0 Å². The van der Waals surface area contributed by atoms with Crippen LogP contribution in [0.4, 0.5) is 0 Å². The van der Waals surface area contributed by atoms with E-state index in [0.29, 0.717) is 12.2 Å². The number of hydrogen-bond donors (Lipinski definition) is 1. The van der Waals surface area contributed by atoms with E-state index < -0.39 is 0 Å².